The number of thiophene rings is 1. The Morgan fingerprint density at radius 3 is 2.89 bits per heavy atom. The molecule has 1 saturated heterocycles. The highest BCUT2D eigenvalue weighted by Crippen LogP contribution is 2.29. The normalized spacial score (nSPS) is 19.2. The van der Waals surface area contributed by atoms with E-state index in [-0.39, 0.29) is 24.1 Å². The van der Waals surface area contributed by atoms with Crippen molar-refractivity contribution < 1.29 is 18.8 Å². The number of amides is 3. The third kappa shape index (κ3) is 4.11. The van der Waals surface area contributed by atoms with Crippen molar-refractivity contribution in [2.75, 3.05) is 6.54 Å². The van der Waals surface area contributed by atoms with Crippen LogP contribution in [0.25, 0.3) is 0 Å². The van der Waals surface area contributed by atoms with Crippen LogP contribution in [-0.4, -0.2) is 29.2 Å². The molecule has 7 nitrogen and oxygen atoms in total. The Bertz CT molecular complexity index is 851. The van der Waals surface area contributed by atoms with E-state index >= 15 is 0 Å². The number of hydrogen-bond acceptors (Lipinski definition) is 5. The first-order chi connectivity index (χ1) is 13.6. The van der Waals surface area contributed by atoms with Gasteiger partial charge < -0.3 is 9.32 Å². The summed E-state index contributed by atoms with van der Waals surface area (Å²) in [5, 5.41) is 0. The minimum Gasteiger partial charge on any atom is -0.467 e. The third-order valence-electron chi connectivity index (χ3n) is 5.28. The summed E-state index contributed by atoms with van der Waals surface area (Å²) in [6, 6.07) is 5.50. The highest BCUT2D eigenvalue weighted by Gasteiger charge is 2.34. The minimum atomic E-state index is -0.484. The fourth-order valence-electron chi connectivity index (χ4n) is 3.75. The topological polar surface area (TPSA) is 91.7 Å². The number of fused-ring (bicyclic) bond motifs is 1. The van der Waals surface area contributed by atoms with Crippen molar-refractivity contribution in [1.82, 2.24) is 15.8 Å². The van der Waals surface area contributed by atoms with E-state index in [1.807, 2.05) is 6.07 Å². The molecule has 0 radical (unpaired) electrons. The maximum absolute atomic E-state index is 12.4. The summed E-state index contributed by atoms with van der Waals surface area (Å²) in [7, 11) is 0. The van der Waals surface area contributed by atoms with Gasteiger partial charge in [0.15, 0.2) is 0 Å². The first-order valence-corrected chi connectivity index (χ1v) is 10.4. The molecule has 3 heterocycles. The maximum Gasteiger partial charge on any atom is 0.279 e. The summed E-state index contributed by atoms with van der Waals surface area (Å²) in [4.78, 5) is 40.4. The molecule has 2 aliphatic rings. The van der Waals surface area contributed by atoms with Crippen molar-refractivity contribution in [3.05, 3.63) is 45.5 Å². The van der Waals surface area contributed by atoms with Crippen molar-refractivity contribution >= 4 is 29.1 Å². The van der Waals surface area contributed by atoms with Gasteiger partial charge in [-0.2, -0.15) is 0 Å². The molecule has 0 spiro atoms. The standard InChI is InChI=1S/C20H23N3O4S/c24-18-10-14(11-23(18)12-15-6-4-8-27-15)19(25)21-22-20(26)17-9-13-5-2-1-3-7-16(13)28-17/h4,6,8-9,14H,1-3,5,7,10-12H2,(H,21,25)(H,22,26). The van der Waals surface area contributed by atoms with Crippen LogP contribution < -0.4 is 10.9 Å². The maximum atomic E-state index is 12.4. The van der Waals surface area contributed by atoms with Gasteiger partial charge in [-0.15, -0.1) is 11.3 Å². The summed E-state index contributed by atoms with van der Waals surface area (Å²) in [5.41, 5.74) is 6.24. The lowest BCUT2D eigenvalue weighted by Gasteiger charge is -2.15. The predicted molar refractivity (Wildman–Crippen MR) is 103 cm³/mol. The molecule has 3 amide bonds. The number of rotatable bonds is 4. The van der Waals surface area contributed by atoms with Gasteiger partial charge in [-0.05, 0) is 49.4 Å². The minimum absolute atomic E-state index is 0.0927. The van der Waals surface area contributed by atoms with Crippen LogP contribution in [0.1, 0.15) is 51.6 Å². The first kappa shape index (κ1) is 18.7. The highest BCUT2D eigenvalue weighted by molar-refractivity contribution is 7.14. The van der Waals surface area contributed by atoms with Gasteiger partial charge in [-0.3, -0.25) is 25.2 Å². The van der Waals surface area contributed by atoms with E-state index in [0.29, 0.717) is 23.7 Å². The number of nitrogens with zero attached hydrogens (tertiary/aromatic N) is 1. The Labute approximate surface area is 167 Å². The van der Waals surface area contributed by atoms with Gasteiger partial charge in [-0.25, -0.2) is 0 Å². The second-order valence-corrected chi connectivity index (χ2v) is 8.45. The van der Waals surface area contributed by atoms with Crippen LogP contribution in [0.2, 0.25) is 0 Å². The van der Waals surface area contributed by atoms with Crippen LogP contribution in [0.4, 0.5) is 0 Å². The smallest absolute Gasteiger partial charge is 0.279 e. The zero-order chi connectivity index (χ0) is 19.5. The molecule has 0 aromatic carbocycles. The second-order valence-electron chi connectivity index (χ2n) is 7.32. The number of nitrogens with one attached hydrogen (secondary N) is 2. The molecule has 0 bridgehead atoms. The molecule has 8 heteroatoms. The molecule has 1 aliphatic heterocycles. The molecule has 1 unspecified atom stereocenters. The van der Waals surface area contributed by atoms with E-state index in [9.17, 15) is 14.4 Å². The monoisotopic (exact) mass is 401 g/mol. The van der Waals surface area contributed by atoms with E-state index in [1.54, 1.807) is 23.3 Å². The molecule has 1 atom stereocenters. The van der Waals surface area contributed by atoms with E-state index < -0.39 is 5.92 Å². The number of hydrogen-bond donors (Lipinski definition) is 2. The Morgan fingerprint density at radius 2 is 2.07 bits per heavy atom. The molecular formula is C20H23N3O4S. The Balaban J connectivity index is 1.29. The van der Waals surface area contributed by atoms with Crippen LogP contribution >= 0.6 is 11.3 Å². The van der Waals surface area contributed by atoms with Gasteiger partial charge in [0.1, 0.15) is 5.76 Å². The summed E-state index contributed by atoms with van der Waals surface area (Å²) < 4.78 is 5.26. The van der Waals surface area contributed by atoms with Crippen LogP contribution in [0.15, 0.2) is 28.9 Å². The molecule has 2 aromatic heterocycles. The van der Waals surface area contributed by atoms with Crippen LogP contribution in [0.3, 0.4) is 0 Å². The van der Waals surface area contributed by atoms with Crippen LogP contribution in [0, 0.1) is 5.92 Å². The summed E-state index contributed by atoms with van der Waals surface area (Å²) in [5.74, 6) is -0.544. The summed E-state index contributed by atoms with van der Waals surface area (Å²) in [6.07, 6.45) is 7.28. The van der Waals surface area contributed by atoms with E-state index in [0.717, 1.165) is 25.7 Å². The van der Waals surface area contributed by atoms with Gasteiger partial charge in [0.25, 0.3) is 5.91 Å². The average Bonchev–Trinajstić information content (AvgIpc) is 3.39. The molecule has 28 heavy (non-hydrogen) atoms. The van der Waals surface area contributed by atoms with Gasteiger partial charge in [0.05, 0.1) is 23.6 Å². The molecular weight excluding hydrogens is 378 g/mol. The Morgan fingerprint density at radius 1 is 1.21 bits per heavy atom. The molecule has 2 aromatic rings. The predicted octanol–water partition coefficient (Wildman–Crippen LogP) is 2.42. The van der Waals surface area contributed by atoms with Crippen LogP contribution in [0.5, 0.6) is 0 Å². The van der Waals surface area contributed by atoms with Gasteiger partial charge in [-0.1, -0.05) is 6.42 Å². The Kier molecular flexibility index (Phi) is 5.47. The third-order valence-corrected chi connectivity index (χ3v) is 6.52. The fraction of sp³-hybridized carbons (Fsp3) is 0.450. The number of furan rings is 1. The zero-order valence-electron chi connectivity index (χ0n) is 15.5. The second kappa shape index (κ2) is 8.18. The summed E-state index contributed by atoms with van der Waals surface area (Å²) in [6.45, 7) is 0.664. The zero-order valence-corrected chi connectivity index (χ0v) is 16.3. The van der Waals surface area contributed by atoms with Gasteiger partial charge in [0.2, 0.25) is 11.8 Å². The lowest BCUT2D eigenvalue weighted by atomic mass is 10.1. The number of likely N-dealkylation sites (tertiary alicyclic amines) is 1. The van der Waals surface area contributed by atoms with Gasteiger partial charge in [0, 0.05) is 17.8 Å². The van der Waals surface area contributed by atoms with Crippen molar-refractivity contribution in [3.8, 4) is 0 Å². The first-order valence-electron chi connectivity index (χ1n) is 9.62. The number of carbonyl (C=O) groups is 3. The number of hydrazine groups is 1. The fourth-order valence-corrected chi connectivity index (χ4v) is 4.90. The molecule has 0 saturated carbocycles. The molecule has 1 fully saturated rings. The SMILES string of the molecule is O=C(NNC(=O)C1CC(=O)N(Cc2ccco2)C1)c1cc2c(s1)CCCCC2. The average molecular weight is 401 g/mol. The molecule has 2 N–H and O–H groups in total. The van der Waals surface area contributed by atoms with Crippen LogP contribution in [-0.2, 0) is 29.0 Å². The van der Waals surface area contributed by atoms with E-state index in [4.69, 9.17) is 4.42 Å². The van der Waals surface area contributed by atoms with Gasteiger partial charge >= 0.3 is 0 Å². The van der Waals surface area contributed by atoms with Crippen molar-refractivity contribution in [2.24, 2.45) is 5.92 Å². The van der Waals surface area contributed by atoms with Crippen molar-refractivity contribution in [3.63, 3.8) is 0 Å². The highest BCUT2D eigenvalue weighted by atomic mass is 32.1. The summed E-state index contributed by atoms with van der Waals surface area (Å²) >= 11 is 1.51. The lowest BCUT2D eigenvalue weighted by molar-refractivity contribution is -0.129. The Hall–Kier alpha value is -2.61. The quantitative estimate of drug-likeness (QED) is 0.608. The van der Waals surface area contributed by atoms with E-state index in [1.165, 1.54) is 28.2 Å². The lowest BCUT2D eigenvalue weighted by Crippen LogP contribution is -2.44. The molecule has 1 aliphatic carbocycles. The number of aryl methyl sites for hydroxylation is 2. The largest absolute Gasteiger partial charge is 0.467 e. The molecule has 4 rings (SSSR count). The molecule has 148 valence electrons. The number of carbonyl (C=O) groups excluding carboxylic acids is 3. The van der Waals surface area contributed by atoms with Crippen molar-refractivity contribution in [2.45, 2.75) is 45.1 Å². The van der Waals surface area contributed by atoms with Crippen molar-refractivity contribution in [1.29, 1.82) is 0 Å². The van der Waals surface area contributed by atoms with E-state index in [2.05, 4.69) is 10.9 Å².